The number of pyridine rings is 1. The minimum absolute atomic E-state index is 0.0664. The third-order valence-electron chi connectivity index (χ3n) is 6.38. The van der Waals surface area contributed by atoms with Crippen LogP contribution in [0.15, 0.2) is 84.0 Å². The molecule has 1 aromatic carbocycles. The summed E-state index contributed by atoms with van der Waals surface area (Å²) in [6, 6.07) is 12.9. The van der Waals surface area contributed by atoms with E-state index in [9.17, 15) is 9.59 Å². The average molecular weight is 497 g/mol. The molecular formula is C29H28N4O2S. The fourth-order valence-corrected chi connectivity index (χ4v) is 5.13. The molecule has 2 aliphatic heterocycles. The van der Waals surface area contributed by atoms with Gasteiger partial charge in [0, 0.05) is 53.3 Å². The molecule has 2 aliphatic rings. The first-order chi connectivity index (χ1) is 17.6. The zero-order valence-electron chi connectivity index (χ0n) is 20.2. The van der Waals surface area contributed by atoms with Crippen LogP contribution < -0.4 is 10.2 Å². The zero-order valence-corrected chi connectivity index (χ0v) is 21.0. The number of carbonyl (C=O) groups excluding carboxylic acids is 2. The number of hydrogen-bond acceptors (Lipinski definition) is 5. The average Bonchev–Trinajstić information content (AvgIpc) is 3.23. The molecule has 0 saturated carbocycles. The van der Waals surface area contributed by atoms with Crippen molar-refractivity contribution in [3.05, 3.63) is 106 Å². The predicted octanol–water partition coefficient (Wildman–Crippen LogP) is 5.78. The van der Waals surface area contributed by atoms with Crippen LogP contribution in [0, 0.1) is 0 Å². The van der Waals surface area contributed by atoms with Crippen molar-refractivity contribution < 1.29 is 9.59 Å². The molecule has 0 atom stereocenters. The highest BCUT2D eigenvalue weighted by Gasteiger charge is 2.22. The largest absolute Gasteiger partial charge is 0.371 e. The van der Waals surface area contributed by atoms with E-state index in [1.807, 2.05) is 48.3 Å². The van der Waals surface area contributed by atoms with Crippen LogP contribution in [0.5, 0.6) is 0 Å². The van der Waals surface area contributed by atoms with Crippen LogP contribution >= 0.6 is 11.3 Å². The first-order valence-electron chi connectivity index (χ1n) is 12.1. The summed E-state index contributed by atoms with van der Waals surface area (Å²) in [6.07, 6.45) is 13.6. The van der Waals surface area contributed by atoms with Crippen LogP contribution in [-0.4, -0.2) is 41.3 Å². The van der Waals surface area contributed by atoms with Crippen molar-refractivity contribution in [1.29, 1.82) is 0 Å². The molecular weight excluding hydrogens is 468 g/mol. The molecule has 5 rings (SSSR count). The van der Waals surface area contributed by atoms with Gasteiger partial charge in [0.1, 0.15) is 5.69 Å². The summed E-state index contributed by atoms with van der Waals surface area (Å²) >= 11 is 1.69. The molecule has 0 bridgehead atoms. The van der Waals surface area contributed by atoms with Gasteiger partial charge in [-0.3, -0.25) is 14.6 Å². The highest BCUT2D eigenvalue weighted by molar-refractivity contribution is 7.11. The molecule has 0 aliphatic carbocycles. The maximum Gasteiger partial charge on any atom is 0.274 e. The van der Waals surface area contributed by atoms with Gasteiger partial charge in [-0.1, -0.05) is 18.2 Å². The van der Waals surface area contributed by atoms with Crippen LogP contribution in [0.2, 0.25) is 0 Å². The molecule has 1 N–H and O–H groups in total. The number of rotatable bonds is 6. The maximum absolute atomic E-state index is 13.5. The number of hydrogen-bond donors (Lipinski definition) is 1. The Labute approximate surface area is 215 Å². The van der Waals surface area contributed by atoms with E-state index in [1.165, 1.54) is 16.9 Å². The van der Waals surface area contributed by atoms with E-state index in [0.717, 1.165) is 30.9 Å². The number of nitrogens with zero attached hydrogens (tertiary/aromatic N) is 3. The van der Waals surface area contributed by atoms with Crippen LogP contribution in [0.25, 0.3) is 6.08 Å². The third-order valence-corrected chi connectivity index (χ3v) is 7.29. The molecule has 0 radical (unpaired) electrons. The number of nitrogens with one attached hydrogen (secondary N) is 1. The number of anilines is 2. The predicted molar refractivity (Wildman–Crippen MR) is 146 cm³/mol. The van der Waals surface area contributed by atoms with Gasteiger partial charge in [0.25, 0.3) is 11.8 Å². The van der Waals surface area contributed by atoms with Crippen molar-refractivity contribution in [3.63, 3.8) is 0 Å². The van der Waals surface area contributed by atoms with E-state index in [2.05, 4.69) is 32.7 Å². The van der Waals surface area contributed by atoms with E-state index in [1.54, 1.807) is 41.8 Å². The Morgan fingerprint density at radius 1 is 1.06 bits per heavy atom. The van der Waals surface area contributed by atoms with Gasteiger partial charge < -0.3 is 15.1 Å². The molecule has 2 aromatic heterocycles. The summed E-state index contributed by atoms with van der Waals surface area (Å²) in [5.74, 6) is -0.335. The molecule has 6 nitrogen and oxygen atoms in total. The van der Waals surface area contributed by atoms with Crippen LogP contribution in [0.1, 0.15) is 44.6 Å². The number of carbonyl (C=O) groups is 2. The molecule has 0 spiro atoms. The minimum Gasteiger partial charge on any atom is -0.371 e. The van der Waals surface area contributed by atoms with E-state index in [-0.39, 0.29) is 11.8 Å². The quantitative estimate of drug-likeness (QED) is 0.440. The molecule has 182 valence electrons. The summed E-state index contributed by atoms with van der Waals surface area (Å²) in [7, 11) is 0. The molecule has 3 aromatic rings. The molecule has 1 fully saturated rings. The zero-order chi connectivity index (χ0) is 24.9. The van der Waals surface area contributed by atoms with Crippen molar-refractivity contribution in [2.75, 3.05) is 29.9 Å². The van der Waals surface area contributed by atoms with Gasteiger partial charge in [0.05, 0.1) is 0 Å². The van der Waals surface area contributed by atoms with Crippen LogP contribution in [-0.2, 0) is 6.42 Å². The summed E-state index contributed by atoms with van der Waals surface area (Å²) < 4.78 is 0. The SMILES string of the molecule is C/C=C\C=C/C1=Cc2sccc2CCN1C(=O)c1ccc(NC(=O)c2cc(N3CCC3)ccn2)cc1. The Morgan fingerprint density at radius 2 is 1.89 bits per heavy atom. The molecule has 1 saturated heterocycles. The first kappa shape index (κ1) is 23.8. The second-order valence-electron chi connectivity index (χ2n) is 8.74. The number of aromatic nitrogens is 1. The topological polar surface area (TPSA) is 65.5 Å². The van der Waals surface area contributed by atoms with Crippen molar-refractivity contribution in [3.8, 4) is 0 Å². The van der Waals surface area contributed by atoms with Crippen molar-refractivity contribution in [2.24, 2.45) is 0 Å². The van der Waals surface area contributed by atoms with E-state index >= 15 is 0 Å². The summed E-state index contributed by atoms with van der Waals surface area (Å²) in [5.41, 5.74) is 4.71. The lowest BCUT2D eigenvalue weighted by atomic mass is 10.1. The second-order valence-corrected chi connectivity index (χ2v) is 9.69. The monoisotopic (exact) mass is 496 g/mol. The van der Waals surface area contributed by atoms with Crippen molar-refractivity contribution in [1.82, 2.24) is 9.88 Å². The highest BCUT2D eigenvalue weighted by atomic mass is 32.1. The van der Waals surface area contributed by atoms with Gasteiger partial charge in [-0.05, 0) is 85.3 Å². The van der Waals surface area contributed by atoms with Crippen molar-refractivity contribution >= 4 is 40.6 Å². The Balaban J connectivity index is 1.30. The number of fused-ring (bicyclic) bond motifs is 1. The van der Waals surface area contributed by atoms with Gasteiger partial charge in [-0.15, -0.1) is 11.3 Å². The first-order valence-corrected chi connectivity index (χ1v) is 13.0. The summed E-state index contributed by atoms with van der Waals surface area (Å²) in [4.78, 5) is 35.7. The van der Waals surface area contributed by atoms with Gasteiger partial charge in [0.2, 0.25) is 0 Å². The standard InChI is InChI=1S/C29H28N4O2S/c1-2-3-4-6-25-20-27-21(13-18-36-27)12-17-33(25)29(35)22-7-9-23(10-8-22)31-28(34)26-19-24(11-14-30-26)32-15-5-16-32/h2-4,6-11,13-14,18-20H,5,12,15-17H2,1H3,(H,31,34)/b3-2-,6-4-. The summed E-state index contributed by atoms with van der Waals surface area (Å²) in [6.45, 7) is 4.58. The van der Waals surface area contributed by atoms with E-state index in [4.69, 9.17) is 0 Å². The number of allylic oxidation sites excluding steroid dienone is 4. The molecule has 0 unspecified atom stereocenters. The van der Waals surface area contributed by atoms with Gasteiger partial charge in [-0.25, -0.2) is 0 Å². The fraction of sp³-hybridized carbons (Fsp3) is 0.207. The normalized spacial score (nSPS) is 15.4. The lowest BCUT2D eigenvalue weighted by Gasteiger charge is -2.33. The molecule has 7 heteroatoms. The van der Waals surface area contributed by atoms with Crippen molar-refractivity contribution in [2.45, 2.75) is 19.8 Å². The fourth-order valence-electron chi connectivity index (χ4n) is 4.24. The maximum atomic E-state index is 13.5. The Kier molecular flexibility index (Phi) is 7.09. The Morgan fingerprint density at radius 3 is 2.64 bits per heavy atom. The minimum atomic E-state index is -0.269. The number of amides is 2. The van der Waals surface area contributed by atoms with Crippen LogP contribution in [0.3, 0.4) is 0 Å². The number of benzene rings is 1. The highest BCUT2D eigenvalue weighted by Crippen LogP contribution is 2.28. The molecule has 4 heterocycles. The smallest absolute Gasteiger partial charge is 0.274 e. The molecule has 36 heavy (non-hydrogen) atoms. The summed E-state index contributed by atoms with van der Waals surface area (Å²) in [5, 5.41) is 4.99. The van der Waals surface area contributed by atoms with E-state index in [0.29, 0.717) is 23.5 Å². The van der Waals surface area contributed by atoms with E-state index < -0.39 is 0 Å². The molecule has 2 amide bonds. The Bertz CT molecular complexity index is 1350. The third kappa shape index (κ3) is 5.16. The van der Waals surface area contributed by atoms with Gasteiger partial charge in [-0.2, -0.15) is 0 Å². The lowest BCUT2D eigenvalue weighted by Crippen LogP contribution is -2.37. The van der Waals surface area contributed by atoms with Gasteiger partial charge in [0.15, 0.2) is 0 Å². The Hall–Kier alpha value is -3.97. The second kappa shape index (κ2) is 10.7. The number of thiophene rings is 1. The van der Waals surface area contributed by atoms with Crippen LogP contribution in [0.4, 0.5) is 11.4 Å². The lowest BCUT2D eigenvalue weighted by molar-refractivity contribution is 0.0814. The van der Waals surface area contributed by atoms with Gasteiger partial charge >= 0.3 is 0 Å².